The zero-order chi connectivity index (χ0) is 19.3. The first-order valence-corrected chi connectivity index (χ1v) is 10.7. The van der Waals surface area contributed by atoms with Crippen LogP contribution in [-0.4, -0.2) is 23.5 Å². The third kappa shape index (κ3) is 4.30. The fraction of sp³-hybridized carbons (Fsp3) is 0.304. The highest BCUT2D eigenvalue weighted by Gasteiger charge is 2.20. The molecular weight excluding hydrogens is 368 g/mol. The summed E-state index contributed by atoms with van der Waals surface area (Å²) in [4.78, 5) is 18.8. The van der Waals surface area contributed by atoms with Crippen molar-refractivity contribution in [3.05, 3.63) is 60.2 Å². The maximum atomic E-state index is 13.0. The number of rotatable bonds is 6. The largest absolute Gasteiger partial charge is 0.494 e. The Bertz CT molecular complexity index is 966. The van der Waals surface area contributed by atoms with Crippen LogP contribution < -0.4 is 10.1 Å². The molecule has 1 fully saturated rings. The lowest BCUT2D eigenvalue weighted by atomic mass is 10.1. The topological polar surface area (TPSA) is 51.2 Å². The Hall–Kier alpha value is -2.53. The maximum absolute atomic E-state index is 13.0. The first-order chi connectivity index (χ1) is 13.7. The van der Waals surface area contributed by atoms with Gasteiger partial charge in [-0.2, -0.15) is 0 Å². The van der Waals surface area contributed by atoms with Crippen LogP contribution in [0.5, 0.6) is 5.75 Å². The summed E-state index contributed by atoms with van der Waals surface area (Å²) in [6.07, 6.45) is 4.53. The average molecular weight is 393 g/mol. The SMILES string of the molecule is CCOc1ccc(Sc2cc(C(=O)NC3CCCC3)c3ccccc3n2)cc1. The van der Waals surface area contributed by atoms with Crippen molar-refractivity contribution in [2.75, 3.05) is 6.61 Å². The number of carbonyl (C=O) groups is 1. The highest BCUT2D eigenvalue weighted by molar-refractivity contribution is 7.99. The smallest absolute Gasteiger partial charge is 0.252 e. The molecule has 1 aromatic heterocycles. The van der Waals surface area contributed by atoms with E-state index in [-0.39, 0.29) is 5.91 Å². The number of ether oxygens (including phenoxy) is 1. The molecule has 0 unspecified atom stereocenters. The third-order valence-electron chi connectivity index (χ3n) is 4.98. The van der Waals surface area contributed by atoms with Crippen LogP contribution in [0.2, 0.25) is 0 Å². The first-order valence-electron chi connectivity index (χ1n) is 9.84. The van der Waals surface area contributed by atoms with Crippen LogP contribution in [0.4, 0.5) is 0 Å². The Morgan fingerprint density at radius 2 is 1.89 bits per heavy atom. The lowest BCUT2D eigenvalue weighted by Crippen LogP contribution is -2.32. The molecule has 2 aromatic carbocycles. The summed E-state index contributed by atoms with van der Waals surface area (Å²) in [6.45, 7) is 2.62. The lowest BCUT2D eigenvalue weighted by molar-refractivity contribution is 0.0939. The summed E-state index contributed by atoms with van der Waals surface area (Å²) in [6, 6.07) is 18.0. The molecule has 0 spiro atoms. The van der Waals surface area contributed by atoms with Gasteiger partial charge in [0, 0.05) is 16.3 Å². The summed E-state index contributed by atoms with van der Waals surface area (Å²) in [7, 11) is 0. The van der Waals surface area contributed by atoms with Crippen LogP contribution in [0.25, 0.3) is 10.9 Å². The zero-order valence-corrected chi connectivity index (χ0v) is 16.8. The highest BCUT2D eigenvalue weighted by Crippen LogP contribution is 2.31. The van der Waals surface area contributed by atoms with E-state index in [4.69, 9.17) is 9.72 Å². The summed E-state index contributed by atoms with van der Waals surface area (Å²) in [5.74, 6) is 0.856. The van der Waals surface area contributed by atoms with E-state index < -0.39 is 0 Å². The van der Waals surface area contributed by atoms with Crippen LogP contribution in [0.3, 0.4) is 0 Å². The molecule has 0 saturated heterocycles. The number of hydrogen-bond donors (Lipinski definition) is 1. The van der Waals surface area contributed by atoms with E-state index in [0.717, 1.165) is 39.4 Å². The molecule has 1 N–H and O–H groups in total. The van der Waals surface area contributed by atoms with Gasteiger partial charge in [-0.3, -0.25) is 4.79 Å². The highest BCUT2D eigenvalue weighted by atomic mass is 32.2. The maximum Gasteiger partial charge on any atom is 0.252 e. The number of nitrogens with one attached hydrogen (secondary N) is 1. The fourth-order valence-electron chi connectivity index (χ4n) is 3.62. The Morgan fingerprint density at radius 1 is 1.14 bits per heavy atom. The Balaban J connectivity index is 1.62. The number of fused-ring (bicyclic) bond motifs is 1. The summed E-state index contributed by atoms with van der Waals surface area (Å²) in [5, 5.41) is 4.92. The fourth-order valence-corrected chi connectivity index (χ4v) is 4.45. The molecule has 4 rings (SSSR count). The quantitative estimate of drug-likeness (QED) is 0.605. The van der Waals surface area contributed by atoms with Crippen LogP contribution in [-0.2, 0) is 0 Å². The van der Waals surface area contributed by atoms with Crippen molar-refractivity contribution >= 4 is 28.6 Å². The van der Waals surface area contributed by atoms with Crippen molar-refractivity contribution in [2.24, 2.45) is 0 Å². The van der Waals surface area contributed by atoms with Crippen LogP contribution in [0, 0.1) is 0 Å². The molecule has 28 heavy (non-hydrogen) atoms. The van der Waals surface area contributed by atoms with Gasteiger partial charge in [0.05, 0.1) is 17.7 Å². The van der Waals surface area contributed by atoms with E-state index in [1.807, 2.05) is 61.5 Å². The molecule has 1 saturated carbocycles. The standard InChI is InChI=1S/C23H24N2O2S/c1-2-27-17-11-13-18(14-12-17)28-22-15-20(19-9-5-6-10-21(19)25-22)23(26)24-16-7-3-4-8-16/h5-6,9-16H,2-4,7-8H2,1H3,(H,24,26). The predicted octanol–water partition coefficient (Wildman–Crippen LogP) is 5.46. The van der Waals surface area contributed by atoms with Gasteiger partial charge < -0.3 is 10.1 Å². The van der Waals surface area contributed by atoms with E-state index in [1.165, 1.54) is 12.8 Å². The lowest BCUT2D eigenvalue weighted by Gasteiger charge is -2.14. The van der Waals surface area contributed by atoms with Gasteiger partial charge in [0.25, 0.3) is 5.91 Å². The van der Waals surface area contributed by atoms with Crippen molar-refractivity contribution in [1.82, 2.24) is 10.3 Å². The number of aromatic nitrogens is 1. The molecule has 1 aliphatic rings. The molecule has 0 aliphatic heterocycles. The zero-order valence-electron chi connectivity index (χ0n) is 16.0. The predicted molar refractivity (Wildman–Crippen MR) is 113 cm³/mol. The molecule has 0 atom stereocenters. The van der Waals surface area contributed by atoms with Crippen LogP contribution in [0.1, 0.15) is 43.0 Å². The van der Waals surface area contributed by atoms with Crippen LogP contribution >= 0.6 is 11.8 Å². The molecule has 0 bridgehead atoms. The molecule has 4 nitrogen and oxygen atoms in total. The second-order valence-electron chi connectivity index (χ2n) is 6.99. The van der Waals surface area contributed by atoms with E-state index in [0.29, 0.717) is 18.2 Å². The van der Waals surface area contributed by atoms with Gasteiger partial charge in [-0.15, -0.1) is 0 Å². The molecule has 0 radical (unpaired) electrons. The minimum absolute atomic E-state index is 0.000885. The van der Waals surface area contributed by atoms with Crippen molar-refractivity contribution in [1.29, 1.82) is 0 Å². The van der Waals surface area contributed by atoms with E-state index in [1.54, 1.807) is 11.8 Å². The minimum Gasteiger partial charge on any atom is -0.494 e. The Kier molecular flexibility index (Phi) is 5.81. The number of nitrogens with zero attached hydrogens (tertiary/aromatic N) is 1. The first kappa shape index (κ1) is 18.8. The number of carbonyl (C=O) groups excluding carboxylic acids is 1. The second kappa shape index (κ2) is 8.65. The van der Waals surface area contributed by atoms with Crippen molar-refractivity contribution in [3.63, 3.8) is 0 Å². The van der Waals surface area contributed by atoms with Gasteiger partial charge in [-0.05, 0) is 56.2 Å². The van der Waals surface area contributed by atoms with Gasteiger partial charge in [-0.25, -0.2) is 4.98 Å². The van der Waals surface area contributed by atoms with Gasteiger partial charge in [0.15, 0.2) is 0 Å². The van der Waals surface area contributed by atoms with Crippen molar-refractivity contribution < 1.29 is 9.53 Å². The van der Waals surface area contributed by atoms with Crippen molar-refractivity contribution in [3.8, 4) is 5.75 Å². The van der Waals surface area contributed by atoms with Crippen molar-refractivity contribution in [2.45, 2.75) is 48.6 Å². The van der Waals surface area contributed by atoms with Gasteiger partial charge in [-0.1, -0.05) is 42.8 Å². The minimum atomic E-state index is -0.000885. The molecule has 5 heteroatoms. The molecule has 3 aromatic rings. The summed E-state index contributed by atoms with van der Waals surface area (Å²) >= 11 is 1.56. The number of pyridine rings is 1. The number of benzene rings is 2. The number of hydrogen-bond acceptors (Lipinski definition) is 4. The van der Waals surface area contributed by atoms with E-state index in [2.05, 4.69) is 5.32 Å². The number of amides is 1. The number of para-hydroxylation sites is 1. The van der Waals surface area contributed by atoms with Gasteiger partial charge in [0.1, 0.15) is 10.8 Å². The molecule has 1 amide bonds. The molecule has 144 valence electrons. The Labute approximate surface area is 169 Å². The normalized spacial score (nSPS) is 14.3. The third-order valence-corrected chi connectivity index (χ3v) is 5.91. The monoisotopic (exact) mass is 392 g/mol. The summed E-state index contributed by atoms with van der Waals surface area (Å²) < 4.78 is 5.50. The van der Waals surface area contributed by atoms with E-state index >= 15 is 0 Å². The van der Waals surface area contributed by atoms with Crippen LogP contribution in [0.15, 0.2) is 64.5 Å². The van der Waals surface area contributed by atoms with Gasteiger partial charge in [0.2, 0.25) is 0 Å². The molecule has 1 heterocycles. The average Bonchev–Trinajstić information content (AvgIpc) is 3.22. The van der Waals surface area contributed by atoms with E-state index in [9.17, 15) is 4.79 Å². The summed E-state index contributed by atoms with van der Waals surface area (Å²) in [5.41, 5.74) is 1.54. The Morgan fingerprint density at radius 3 is 2.64 bits per heavy atom. The molecular formula is C23H24N2O2S. The molecule has 1 aliphatic carbocycles. The second-order valence-corrected chi connectivity index (χ2v) is 8.08. The van der Waals surface area contributed by atoms with Gasteiger partial charge >= 0.3 is 0 Å².